The highest BCUT2D eigenvalue weighted by molar-refractivity contribution is 7.92. The lowest BCUT2D eigenvalue weighted by molar-refractivity contribution is -0.384. The number of non-ortho nitro benzene ring substituents is 1. The molecule has 2 aromatic carbocycles. The van der Waals surface area contributed by atoms with Crippen LogP contribution in [-0.4, -0.2) is 20.5 Å². The number of rotatable bonds is 5. The maximum Gasteiger partial charge on any atom is 0.271 e. The van der Waals surface area contributed by atoms with Gasteiger partial charge in [0.05, 0.1) is 22.6 Å². The third kappa shape index (κ3) is 3.46. The van der Waals surface area contributed by atoms with E-state index in [4.69, 9.17) is 16.3 Å². The molecule has 0 atom stereocenters. The van der Waals surface area contributed by atoms with Gasteiger partial charge >= 0.3 is 0 Å². The number of nitro benzene ring substituents is 1. The summed E-state index contributed by atoms with van der Waals surface area (Å²) < 4.78 is 31.8. The lowest BCUT2D eigenvalue weighted by atomic mass is 10.2. The van der Waals surface area contributed by atoms with Gasteiger partial charge in [-0.25, -0.2) is 8.42 Å². The second-order valence-electron chi connectivity index (χ2n) is 4.20. The zero-order valence-electron chi connectivity index (χ0n) is 11.3. The summed E-state index contributed by atoms with van der Waals surface area (Å²) in [5.74, 6) is 0.170. The number of sulfonamides is 1. The molecule has 0 unspecified atom stereocenters. The van der Waals surface area contributed by atoms with Gasteiger partial charge < -0.3 is 4.74 Å². The van der Waals surface area contributed by atoms with E-state index in [-0.39, 0.29) is 22.0 Å². The smallest absolute Gasteiger partial charge is 0.271 e. The van der Waals surface area contributed by atoms with E-state index in [0.717, 1.165) is 6.07 Å². The number of anilines is 1. The van der Waals surface area contributed by atoms with E-state index in [2.05, 4.69) is 4.72 Å². The Hall–Kier alpha value is -2.32. The minimum Gasteiger partial charge on any atom is -0.495 e. The molecule has 0 fully saturated rings. The van der Waals surface area contributed by atoms with Crippen LogP contribution in [0, 0.1) is 10.1 Å². The van der Waals surface area contributed by atoms with Crippen LogP contribution < -0.4 is 9.46 Å². The standard InChI is InChI=1S/C13H11ClN2O5S/c1-21-13-7-4-10(16(17)18)8-12(13)15-22(19,20)11-5-2-9(14)3-6-11/h2-8,15H,1H3. The summed E-state index contributed by atoms with van der Waals surface area (Å²) in [7, 11) is -2.58. The van der Waals surface area contributed by atoms with E-state index in [0.29, 0.717) is 5.02 Å². The van der Waals surface area contributed by atoms with Gasteiger partial charge in [0.15, 0.2) is 0 Å². The summed E-state index contributed by atoms with van der Waals surface area (Å²) in [4.78, 5) is 10.2. The van der Waals surface area contributed by atoms with E-state index in [1.165, 1.54) is 43.5 Å². The lowest BCUT2D eigenvalue weighted by Crippen LogP contribution is -2.13. The van der Waals surface area contributed by atoms with Crippen molar-refractivity contribution in [3.8, 4) is 5.75 Å². The van der Waals surface area contributed by atoms with Crippen molar-refractivity contribution in [1.29, 1.82) is 0 Å². The van der Waals surface area contributed by atoms with Crippen molar-refractivity contribution in [1.82, 2.24) is 0 Å². The fraction of sp³-hybridized carbons (Fsp3) is 0.0769. The van der Waals surface area contributed by atoms with Crippen LogP contribution in [0.3, 0.4) is 0 Å². The molecule has 9 heteroatoms. The quantitative estimate of drug-likeness (QED) is 0.665. The van der Waals surface area contributed by atoms with Crippen LogP contribution in [0.5, 0.6) is 5.75 Å². The van der Waals surface area contributed by atoms with Crippen LogP contribution in [0.1, 0.15) is 0 Å². The molecule has 22 heavy (non-hydrogen) atoms. The second kappa shape index (κ2) is 6.20. The average molecular weight is 343 g/mol. The Bertz CT molecular complexity index is 806. The molecule has 0 radical (unpaired) electrons. The fourth-order valence-electron chi connectivity index (χ4n) is 1.71. The largest absolute Gasteiger partial charge is 0.495 e. The topological polar surface area (TPSA) is 98.5 Å². The molecule has 0 saturated carbocycles. The van der Waals surface area contributed by atoms with Crippen LogP contribution in [0.2, 0.25) is 5.02 Å². The summed E-state index contributed by atoms with van der Waals surface area (Å²) in [5, 5.41) is 11.2. The van der Waals surface area contributed by atoms with Crippen LogP contribution in [0.4, 0.5) is 11.4 Å². The van der Waals surface area contributed by atoms with Crippen LogP contribution >= 0.6 is 11.6 Å². The van der Waals surface area contributed by atoms with Crippen molar-refractivity contribution in [2.75, 3.05) is 11.8 Å². The van der Waals surface area contributed by atoms with Gasteiger partial charge in [-0.2, -0.15) is 0 Å². The van der Waals surface area contributed by atoms with Crippen molar-refractivity contribution in [2.45, 2.75) is 4.90 Å². The maximum absolute atomic E-state index is 12.3. The monoisotopic (exact) mass is 342 g/mol. The van der Waals surface area contributed by atoms with Gasteiger partial charge in [-0.1, -0.05) is 11.6 Å². The minimum atomic E-state index is -3.92. The number of methoxy groups -OCH3 is 1. The highest BCUT2D eigenvalue weighted by Crippen LogP contribution is 2.30. The molecule has 2 rings (SSSR count). The van der Waals surface area contributed by atoms with Crippen LogP contribution in [-0.2, 0) is 10.0 Å². The maximum atomic E-state index is 12.3. The number of nitrogens with one attached hydrogen (secondary N) is 1. The number of nitro groups is 1. The second-order valence-corrected chi connectivity index (χ2v) is 6.32. The molecule has 7 nitrogen and oxygen atoms in total. The summed E-state index contributed by atoms with van der Waals surface area (Å²) in [5.41, 5.74) is -0.277. The van der Waals surface area contributed by atoms with Gasteiger partial charge in [-0.15, -0.1) is 0 Å². The molecular weight excluding hydrogens is 332 g/mol. The molecular formula is C13H11ClN2O5S. The predicted octanol–water partition coefficient (Wildman–Crippen LogP) is 3.06. The number of benzene rings is 2. The van der Waals surface area contributed by atoms with Gasteiger partial charge in [0.1, 0.15) is 5.75 Å². The highest BCUT2D eigenvalue weighted by atomic mass is 35.5. The van der Waals surface area contributed by atoms with E-state index in [1.807, 2.05) is 0 Å². The van der Waals surface area contributed by atoms with Crippen LogP contribution in [0.15, 0.2) is 47.4 Å². The Balaban J connectivity index is 2.42. The molecule has 0 spiro atoms. The molecule has 0 saturated heterocycles. The Kier molecular flexibility index (Phi) is 4.53. The molecule has 1 N–H and O–H groups in total. The fourth-order valence-corrected chi connectivity index (χ4v) is 2.89. The molecule has 116 valence electrons. The summed E-state index contributed by atoms with van der Waals surface area (Å²) in [6.07, 6.45) is 0. The average Bonchev–Trinajstić information content (AvgIpc) is 2.47. The number of halogens is 1. The van der Waals surface area contributed by atoms with Gasteiger partial charge in [-0.05, 0) is 30.3 Å². The summed E-state index contributed by atoms with van der Waals surface area (Å²) in [6.45, 7) is 0. The summed E-state index contributed by atoms with van der Waals surface area (Å²) in [6, 6.07) is 9.15. The van der Waals surface area contributed by atoms with E-state index < -0.39 is 14.9 Å². The molecule has 0 aliphatic heterocycles. The van der Waals surface area contributed by atoms with E-state index >= 15 is 0 Å². The molecule has 0 aliphatic rings. The first-order chi connectivity index (χ1) is 10.3. The number of ether oxygens (including phenoxy) is 1. The summed E-state index contributed by atoms with van der Waals surface area (Å²) >= 11 is 5.72. The SMILES string of the molecule is COc1ccc([N+](=O)[O-])cc1NS(=O)(=O)c1ccc(Cl)cc1. The number of hydrogen-bond acceptors (Lipinski definition) is 5. The van der Waals surface area contributed by atoms with Crippen molar-refractivity contribution < 1.29 is 18.1 Å². The van der Waals surface area contributed by atoms with E-state index in [9.17, 15) is 18.5 Å². The third-order valence-electron chi connectivity index (χ3n) is 2.76. The predicted molar refractivity (Wildman–Crippen MR) is 81.9 cm³/mol. The number of hydrogen-bond donors (Lipinski definition) is 1. The molecule has 0 heterocycles. The molecule has 0 amide bonds. The van der Waals surface area contributed by atoms with E-state index in [1.54, 1.807) is 0 Å². The Morgan fingerprint density at radius 3 is 2.36 bits per heavy atom. The normalized spacial score (nSPS) is 11.0. The molecule has 0 aromatic heterocycles. The number of nitrogens with zero attached hydrogens (tertiary/aromatic N) is 1. The highest BCUT2D eigenvalue weighted by Gasteiger charge is 2.19. The third-order valence-corrected chi connectivity index (χ3v) is 4.40. The van der Waals surface area contributed by atoms with Gasteiger partial charge in [0.25, 0.3) is 15.7 Å². The zero-order valence-corrected chi connectivity index (χ0v) is 12.9. The van der Waals surface area contributed by atoms with Gasteiger partial charge in [-0.3, -0.25) is 14.8 Å². The Labute approximate surface area is 131 Å². The first-order valence-electron chi connectivity index (χ1n) is 5.94. The zero-order chi connectivity index (χ0) is 16.3. The molecule has 0 bridgehead atoms. The Morgan fingerprint density at radius 2 is 1.82 bits per heavy atom. The lowest BCUT2D eigenvalue weighted by Gasteiger charge is -2.11. The van der Waals surface area contributed by atoms with Crippen molar-refractivity contribution in [3.63, 3.8) is 0 Å². The van der Waals surface area contributed by atoms with Gasteiger partial charge in [0.2, 0.25) is 0 Å². The van der Waals surface area contributed by atoms with Crippen LogP contribution in [0.25, 0.3) is 0 Å². The van der Waals surface area contributed by atoms with Crippen molar-refractivity contribution >= 4 is 33.0 Å². The minimum absolute atomic E-state index is 0.0216. The van der Waals surface area contributed by atoms with Crippen molar-refractivity contribution in [2.24, 2.45) is 0 Å². The van der Waals surface area contributed by atoms with Crippen molar-refractivity contribution in [3.05, 3.63) is 57.6 Å². The Morgan fingerprint density at radius 1 is 1.18 bits per heavy atom. The molecule has 0 aliphatic carbocycles. The molecule has 2 aromatic rings. The first-order valence-corrected chi connectivity index (χ1v) is 7.80. The first kappa shape index (κ1) is 16.1. The van der Waals surface area contributed by atoms with Gasteiger partial charge in [0, 0.05) is 17.2 Å².